The van der Waals surface area contributed by atoms with Crippen LogP contribution < -0.4 is 15.5 Å². The number of nitrogens with one attached hydrogen (secondary N) is 2. The Morgan fingerprint density at radius 2 is 1.55 bits per heavy atom. The Labute approximate surface area is 223 Å². The fourth-order valence-corrected chi connectivity index (χ4v) is 4.83. The van der Waals surface area contributed by atoms with Crippen molar-refractivity contribution < 1.29 is 14.4 Å². The molecule has 0 bridgehead atoms. The van der Waals surface area contributed by atoms with Crippen LogP contribution in [-0.2, 0) is 9.59 Å². The molecule has 0 aliphatic heterocycles. The van der Waals surface area contributed by atoms with Gasteiger partial charge < -0.3 is 10.6 Å². The van der Waals surface area contributed by atoms with Crippen molar-refractivity contribution in [3.05, 3.63) is 83.9 Å². The molecular weight excluding hydrogens is 478 g/mol. The van der Waals surface area contributed by atoms with Crippen LogP contribution in [0.5, 0.6) is 0 Å². The summed E-state index contributed by atoms with van der Waals surface area (Å²) in [4.78, 5) is 49.3. The number of benzene rings is 2. The molecule has 1 aliphatic rings. The highest BCUT2D eigenvalue weighted by Crippen LogP contribution is 2.32. The van der Waals surface area contributed by atoms with Crippen LogP contribution in [0.2, 0.25) is 0 Å². The first kappa shape index (κ1) is 27.0. The van der Waals surface area contributed by atoms with E-state index in [2.05, 4.69) is 34.4 Å². The van der Waals surface area contributed by atoms with E-state index in [0.717, 1.165) is 31.2 Å². The second-order valence-electron chi connectivity index (χ2n) is 10.1. The van der Waals surface area contributed by atoms with Gasteiger partial charge in [0.2, 0.25) is 11.8 Å². The van der Waals surface area contributed by atoms with Crippen LogP contribution in [0.15, 0.2) is 67.1 Å². The number of carbonyl (C=O) groups is 3. The van der Waals surface area contributed by atoms with Gasteiger partial charge in [0, 0.05) is 36.7 Å². The van der Waals surface area contributed by atoms with E-state index >= 15 is 0 Å². The summed E-state index contributed by atoms with van der Waals surface area (Å²) >= 11 is 0. The molecule has 3 aromatic rings. The van der Waals surface area contributed by atoms with E-state index in [4.69, 9.17) is 0 Å². The summed E-state index contributed by atoms with van der Waals surface area (Å²) in [7, 11) is 0. The Morgan fingerprint density at radius 1 is 0.895 bits per heavy atom. The van der Waals surface area contributed by atoms with Crippen LogP contribution in [0.1, 0.15) is 86.5 Å². The van der Waals surface area contributed by atoms with Gasteiger partial charge in [-0.05, 0) is 54.2 Å². The van der Waals surface area contributed by atoms with Crippen molar-refractivity contribution in [1.82, 2.24) is 15.3 Å². The van der Waals surface area contributed by atoms with E-state index in [1.807, 2.05) is 24.3 Å². The lowest BCUT2D eigenvalue weighted by atomic mass is 9.94. The fraction of sp³-hybridized carbons (Fsp3) is 0.367. The van der Waals surface area contributed by atoms with Gasteiger partial charge in [-0.1, -0.05) is 57.4 Å². The van der Waals surface area contributed by atoms with Crippen LogP contribution >= 0.6 is 0 Å². The second-order valence-corrected chi connectivity index (χ2v) is 10.1. The minimum Gasteiger partial charge on any atom is -0.351 e. The molecule has 1 aliphatic carbocycles. The average molecular weight is 514 g/mol. The standard InChI is InChI=1S/C30H35N5O3/c1-20(2)22-9-11-23(12-10-22)28(29(37)34-24-7-5-4-6-8-24)35(30(38)27-19-31-17-18-32-27)26-15-13-25(14-16-26)33-21(3)36/h9-20,24,28H,4-8H2,1-3H3,(H,33,36)(H,34,37)/t28-/m0/s1. The van der Waals surface area contributed by atoms with Crippen LogP contribution in [0.4, 0.5) is 11.4 Å². The smallest absolute Gasteiger partial charge is 0.279 e. The highest BCUT2D eigenvalue weighted by atomic mass is 16.2. The molecule has 1 atom stereocenters. The summed E-state index contributed by atoms with van der Waals surface area (Å²) in [6, 6.07) is 13.9. The SMILES string of the molecule is CC(=O)Nc1ccc(N(C(=O)c2cnccn2)[C@H](C(=O)NC2CCCCC2)c2ccc(C(C)C)cc2)cc1. The molecule has 0 unspecified atom stereocenters. The summed E-state index contributed by atoms with van der Waals surface area (Å²) in [5.74, 6) is -0.545. The molecule has 1 saturated carbocycles. The van der Waals surface area contributed by atoms with Crippen molar-refractivity contribution in [2.75, 3.05) is 10.2 Å². The van der Waals surface area contributed by atoms with Crippen molar-refractivity contribution in [1.29, 1.82) is 0 Å². The van der Waals surface area contributed by atoms with Crippen molar-refractivity contribution >= 4 is 29.1 Å². The molecule has 2 aromatic carbocycles. The van der Waals surface area contributed by atoms with E-state index in [-0.39, 0.29) is 23.6 Å². The van der Waals surface area contributed by atoms with E-state index in [0.29, 0.717) is 22.9 Å². The second kappa shape index (κ2) is 12.4. The summed E-state index contributed by atoms with van der Waals surface area (Å²) in [5.41, 5.74) is 3.08. The molecule has 2 N–H and O–H groups in total. The molecule has 38 heavy (non-hydrogen) atoms. The van der Waals surface area contributed by atoms with Crippen LogP contribution in [0, 0.1) is 0 Å². The topological polar surface area (TPSA) is 104 Å². The van der Waals surface area contributed by atoms with E-state index in [1.165, 1.54) is 36.8 Å². The molecule has 3 amide bonds. The van der Waals surface area contributed by atoms with Gasteiger partial charge in [0.1, 0.15) is 11.7 Å². The number of amides is 3. The van der Waals surface area contributed by atoms with Crippen LogP contribution in [-0.4, -0.2) is 33.7 Å². The molecule has 0 radical (unpaired) electrons. The van der Waals surface area contributed by atoms with Gasteiger partial charge in [0.25, 0.3) is 5.91 Å². The Hall–Kier alpha value is -4.07. The quantitative estimate of drug-likeness (QED) is 0.420. The number of aromatic nitrogens is 2. The average Bonchev–Trinajstić information content (AvgIpc) is 2.92. The molecular formula is C30H35N5O3. The predicted molar refractivity (Wildman–Crippen MR) is 148 cm³/mol. The third-order valence-corrected chi connectivity index (χ3v) is 6.84. The highest BCUT2D eigenvalue weighted by molar-refractivity contribution is 6.09. The van der Waals surface area contributed by atoms with E-state index in [1.54, 1.807) is 24.3 Å². The highest BCUT2D eigenvalue weighted by Gasteiger charge is 2.35. The Morgan fingerprint density at radius 3 is 2.13 bits per heavy atom. The molecule has 1 heterocycles. The lowest BCUT2D eigenvalue weighted by Crippen LogP contribution is -2.47. The molecule has 4 rings (SSSR count). The van der Waals surface area contributed by atoms with Gasteiger partial charge in [-0.3, -0.25) is 24.3 Å². The van der Waals surface area contributed by atoms with Crippen LogP contribution in [0.25, 0.3) is 0 Å². The largest absolute Gasteiger partial charge is 0.351 e. The number of carbonyl (C=O) groups excluding carboxylic acids is 3. The molecule has 8 nitrogen and oxygen atoms in total. The monoisotopic (exact) mass is 513 g/mol. The van der Waals surface area contributed by atoms with Crippen molar-refractivity contribution in [2.45, 2.75) is 70.9 Å². The molecule has 0 spiro atoms. The predicted octanol–water partition coefficient (Wildman–Crippen LogP) is 5.40. The Kier molecular flexibility index (Phi) is 8.84. The zero-order chi connectivity index (χ0) is 27.1. The van der Waals surface area contributed by atoms with Crippen molar-refractivity contribution in [2.24, 2.45) is 0 Å². The molecule has 1 aromatic heterocycles. The summed E-state index contributed by atoms with van der Waals surface area (Å²) in [6.07, 6.45) is 9.53. The summed E-state index contributed by atoms with van der Waals surface area (Å²) in [6.45, 7) is 5.66. The van der Waals surface area contributed by atoms with Gasteiger partial charge in [-0.15, -0.1) is 0 Å². The third-order valence-electron chi connectivity index (χ3n) is 6.84. The van der Waals surface area contributed by atoms with Gasteiger partial charge in [0.15, 0.2) is 0 Å². The zero-order valence-corrected chi connectivity index (χ0v) is 22.2. The maximum atomic E-state index is 14.0. The zero-order valence-electron chi connectivity index (χ0n) is 22.2. The van der Waals surface area contributed by atoms with E-state index < -0.39 is 11.9 Å². The molecule has 1 fully saturated rings. The van der Waals surface area contributed by atoms with Crippen molar-refractivity contribution in [3.8, 4) is 0 Å². The lowest BCUT2D eigenvalue weighted by molar-refractivity contribution is -0.123. The number of anilines is 2. The maximum Gasteiger partial charge on any atom is 0.279 e. The lowest BCUT2D eigenvalue weighted by Gasteiger charge is -2.33. The third kappa shape index (κ3) is 6.62. The Bertz CT molecular complexity index is 1240. The Balaban J connectivity index is 1.79. The molecule has 198 valence electrons. The van der Waals surface area contributed by atoms with Crippen LogP contribution in [0.3, 0.4) is 0 Å². The molecule has 0 saturated heterocycles. The number of nitrogens with zero attached hydrogens (tertiary/aromatic N) is 3. The number of hydrogen-bond acceptors (Lipinski definition) is 5. The summed E-state index contributed by atoms with van der Waals surface area (Å²) in [5, 5.41) is 5.97. The van der Waals surface area contributed by atoms with Crippen molar-refractivity contribution in [3.63, 3.8) is 0 Å². The fourth-order valence-electron chi connectivity index (χ4n) is 4.83. The number of rotatable bonds is 8. The van der Waals surface area contributed by atoms with Gasteiger partial charge in [-0.2, -0.15) is 0 Å². The van der Waals surface area contributed by atoms with Gasteiger partial charge in [-0.25, -0.2) is 4.98 Å². The minimum absolute atomic E-state index is 0.0734. The number of hydrogen-bond donors (Lipinski definition) is 2. The first-order chi connectivity index (χ1) is 18.3. The van der Waals surface area contributed by atoms with Gasteiger partial charge >= 0.3 is 0 Å². The van der Waals surface area contributed by atoms with E-state index in [9.17, 15) is 14.4 Å². The maximum absolute atomic E-state index is 14.0. The molecule has 8 heteroatoms. The minimum atomic E-state index is -0.931. The van der Waals surface area contributed by atoms with Gasteiger partial charge in [0.05, 0.1) is 6.20 Å². The first-order valence-corrected chi connectivity index (χ1v) is 13.2. The first-order valence-electron chi connectivity index (χ1n) is 13.2. The summed E-state index contributed by atoms with van der Waals surface area (Å²) < 4.78 is 0. The normalized spacial score (nSPS) is 14.5.